The van der Waals surface area contributed by atoms with E-state index in [1.807, 2.05) is 37.3 Å². The van der Waals surface area contributed by atoms with Crippen LogP contribution in [0.1, 0.15) is 21.5 Å². The van der Waals surface area contributed by atoms with Crippen molar-refractivity contribution in [3.8, 4) is 28.4 Å². The van der Waals surface area contributed by atoms with Gasteiger partial charge in [-0.2, -0.15) is 0 Å². The second kappa shape index (κ2) is 4.89. The highest BCUT2D eigenvalue weighted by Gasteiger charge is 2.28. The third kappa shape index (κ3) is 1.99. The summed E-state index contributed by atoms with van der Waals surface area (Å²) in [5, 5.41) is 11.8. The summed E-state index contributed by atoms with van der Waals surface area (Å²) in [5.74, 6) is 1.26. The summed E-state index contributed by atoms with van der Waals surface area (Å²) in [7, 11) is 0. The van der Waals surface area contributed by atoms with Gasteiger partial charge >= 0.3 is 5.97 Å². The Morgan fingerprint density at radius 3 is 2.68 bits per heavy atom. The van der Waals surface area contributed by atoms with Crippen molar-refractivity contribution >= 4 is 16.7 Å². The minimum atomic E-state index is -0.324. The van der Waals surface area contributed by atoms with Crippen LogP contribution in [0.5, 0.6) is 17.2 Å². The monoisotopic (exact) mass is 334 g/mol. The number of aromatic hydroxyl groups is 1. The van der Waals surface area contributed by atoms with Gasteiger partial charge in [0, 0.05) is 11.1 Å². The number of fused-ring (bicyclic) bond motifs is 3. The topological polar surface area (TPSA) is 65.0 Å². The molecular formula is C20H14O5. The zero-order chi connectivity index (χ0) is 17.1. The van der Waals surface area contributed by atoms with Gasteiger partial charge in [0.2, 0.25) is 6.79 Å². The third-order valence-electron chi connectivity index (χ3n) is 4.76. The Bertz CT molecular complexity index is 1070. The molecule has 0 amide bonds. The van der Waals surface area contributed by atoms with Gasteiger partial charge in [0.05, 0.1) is 5.56 Å². The molecule has 2 aliphatic rings. The molecule has 0 aliphatic carbocycles. The summed E-state index contributed by atoms with van der Waals surface area (Å²) in [5.41, 5.74) is 3.82. The predicted octanol–water partition coefficient (Wildman–Crippen LogP) is 3.92. The zero-order valence-corrected chi connectivity index (χ0v) is 13.5. The van der Waals surface area contributed by atoms with Gasteiger partial charge in [0.15, 0.2) is 11.5 Å². The molecule has 0 radical (unpaired) electrons. The van der Waals surface area contributed by atoms with Crippen LogP contribution in [-0.4, -0.2) is 17.9 Å². The van der Waals surface area contributed by atoms with Crippen molar-refractivity contribution < 1.29 is 24.1 Å². The molecule has 0 saturated carbocycles. The maximum atomic E-state index is 12.4. The number of phenolic OH excluding ortho intramolecular Hbond substituents is 1. The van der Waals surface area contributed by atoms with E-state index in [-0.39, 0.29) is 25.1 Å². The molecular weight excluding hydrogens is 320 g/mol. The summed E-state index contributed by atoms with van der Waals surface area (Å²) >= 11 is 0. The second-order valence-electron chi connectivity index (χ2n) is 6.29. The molecule has 0 saturated heterocycles. The van der Waals surface area contributed by atoms with Crippen LogP contribution in [0.15, 0.2) is 36.4 Å². The van der Waals surface area contributed by atoms with E-state index < -0.39 is 0 Å². The van der Waals surface area contributed by atoms with Crippen LogP contribution >= 0.6 is 0 Å². The Balaban J connectivity index is 1.88. The summed E-state index contributed by atoms with van der Waals surface area (Å²) in [6, 6.07) is 11.2. The minimum Gasteiger partial charge on any atom is -0.508 e. The summed E-state index contributed by atoms with van der Waals surface area (Å²) < 4.78 is 16.1. The number of phenols is 1. The molecule has 0 spiro atoms. The lowest BCUT2D eigenvalue weighted by atomic mass is 9.89. The van der Waals surface area contributed by atoms with Gasteiger partial charge in [-0.05, 0) is 59.2 Å². The van der Waals surface area contributed by atoms with Crippen molar-refractivity contribution in [3.05, 3.63) is 53.1 Å². The number of cyclic esters (lactones) is 1. The zero-order valence-electron chi connectivity index (χ0n) is 13.5. The summed E-state index contributed by atoms with van der Waals surface area (Å²) in [6.07, 6.45) is 0. The summed E-state index contributed by atoms with van der Waals surface area (Å²) in [6.45, 7) is 2.28. The van der Waals surface area contributed by atoms with E-state index >= 15 is 0 Å². The molecule has 1 N–H and O–H groups in total. The first-order chi connectivity index (χ1) is 12.1. The fourth-order valence-electron chi connectivity index (χ4n) is 3.52. The van der Waals surface area contributed by atoms with Gasteiger partial charge in [-0.3, -0.25) is 0 Å². The van der Waals surface area contributed by atoms with E-state index in [1.54, 1.807) is 6.07 Å². The van der Waals surface area contributed by atoms with Crippen LogP contribution in [0, 0.1) is 6.92 Å². The molecule has 0 unspecified atom stereocenters. The molecule has 0 aromatic heterocycles. The van der Waals surface area contributed by atoms with Gasteiger partial charge in [0.25, 0.3) is 0 Å². The van der Waals surface area contributed by atoms with E-state index in [0.29, 0.717) is 17.1 Å². The Morgan fingerprint density at radius 1 is 0.960 bits per heavy atom. The van der Waals surface area contributed by atoms with E-state index in [9.17, 15) is 9.90 Å². The number of carbonyl (C=O) groups excluding carboxylic acids is 1. The van der Waals surface area contributed by atoms with Crippen molar-refractivity contribution in [3.63, 3.8) is 0 Å². The van der Waals surface area contributed by atoms with Crippen molar-refractivity contribution in [2.24, 2.45) is 0 Å². The Labute approximate surface area is 143 Å². The SMILES string of the molecule is Cc1cc2c(-c3ccc4c(c3)OCO4)c3c(cc2cc1O)COC3=O. The molecule has 25 heavy (non-hydrogen) atoms. The lowest BCUT2D eigenvalue weighted by molar-refractivity contribution is 0.0535. The first kappa shape index (κ1) is 14.2. The maximum absolute atomic E-state index is 12.4. The Hall–Kier alpha value is -3.21. The van der Waals surface area contributed by atoms with Crippen molar-refractivity contribution in [1.82, 2.24) is 0 Å². The van der Waals surface area contributed by atoms with Gasteiger partial charge in [-0.1, -0.05) is 6.07 Å². The highest BCUT2D eigenvalue weighted by Crippen LogP contribution is 2.43. The van der Waals surface area contributed by atoms with Gasteiger partial charge in [-0.25, -0.2) is 4.79 Å². The van der Waals surface area contributed by atoms with Crippen molar-refractivity contribution in [1.29, 1.82) is 0 Å². The quantitative estimate of drug-likeness (QED) is 0.683. The molecule has 0 fully saturated rings. The highest BCUT2D eigenvalue weighted by atomic mass is 16.7. The van der Waals surface area contributed by atoms with Crippen molar-refractivity contribution in [2.75, 3.05) is 6.79 Å². The predicted molar refractivity (Wildman–Crippen MR) is 91.0 cm³/mol. The van der Waals surface area contributed by atoms with E-state index in [0.717, 1.165) is 33.0 Å². The highest BCUT2D eigenvalue weighted by molar-refractivity contribution is 6.11. The number of rotatable bonds is 1. The molecule has 3 aromatic carbocycles. The molecule has 0 atom stereocenters. The van der Waals surface area contributed by atoms with Crippen LogP contribution in [0.4, 0.5) is 0 Å². The van der Waals surface area contributed by atoms with Crippen LogP contribution in [0.2, 0.25) is 0 Å². The van der Waals surface area contributed by atoms with Crippen LogP contribution in [-0.2, 0) is 11.3 Å². The molecule has 2 heterocycles. The normalized spacial score (nSPS) is 14.7. The standard InChI is InChI=1S/C20H14O5/c1-10-4-14-12(6-15(10)21)5-13-8-23-20(22)19(13)18(14)11-2-3-16-17(7-11)25-9-24-16/h2-7,21H,8-9H2,1H3. The van der Waals surface area contributed by atoms with Gasteiger partial charge in [-0.15, -0.1) is 0 Å². The number of esters is 1. The van der Waals surface area contributed by atoms with E-state index in [2.05, 4.69) is 0 Å². The molecule has 2 aliphatic heterocycles. The third-order valence-corrected chi connectivity index (χ3v) is 4.76. The number of benzene rings is 3. The second-order valence-corrected chi connectivity index (χ2v) is 6.29. The average molecular weight is 334 g/mol. The number of hydrogen-bond donors (Lipinski definition) is 1. The molecule has 124 valence electrons. The molecule has 5 nitrogen and oxygen atoms in total. The van der Waals surface area contributed by atoms with Crippen LogP contribution < -0.4 is 9.47 Å². The average Bonchev–Trinajstić information content (AvgIpc) is 3.20. The summed E-state index contributed by atoms with van der Waals surface area (Å²) in [4.78, 5) is 12.4. The van der Waals surface area contributed by atoms with Crippen LogP contribution in [0.3, 0.4) is 0 Å². The molecule has 5 heteroatoms. The van der Waals surface area contributed by atoms with E-state index in [1.165, 1.54) is 0 Å². The lowest BCUT2D eigenvalue weighted by Crippen LogP contribution is -1.99. The first-order valence-corrected chi connectivity index (χ1v) is 7.98. The van der Waals surface area contributed by atoms with Crippen molar-refractivity contribution in [2.45, 2.75) is 13.5 Å². The smallest absolute Gasteiger partial charge is 0.339 e. The number of carbonyl (C=O) groups is 1. The molecule has 0 bridgehead atoms. The lowest BCUT2D eigenvalue weighted by Gasteiger charge is -2.13. The molecule has 3 aromatic rings. The fraction of sp³-hybridized carbons (Fsp3) is 0.150. The maximum Gasteiger partial charge on any atom is 0.339 e. The largest absolute Gasteiger partial charge is 0.508 e. The number of hydrogen-bond acceptors (Lipinski definition) is 5. The fourth-order valence-corrected chi connectivity index (χ4v) is 3.52. The molecule has 5 rings (SSSR count). The van der Waals surface area contributed by atoms with Gasteiger partial charge < -0.3 is 19.3 Å². The number of aryl methyl sites for hydroxylation is 1. The minimum absolute atomic E-state index is 0.196. The first-order valence-electron chi connectivity index (χ1n) is 7.98. The van der Waals surface area contributed by atoms with Gasteiger partial charge in [0.1, 0.15) is 12.4 Å². The van der Waals surface area contributed by atoms with Crippen LogP contribution in [0.25, 0.3) is 21.9 Å². The Morgan fingerprint density at radius 2 is 1.80 bits per heavy atom. The Kier molecular flexibility index (Phi) is 2.77. The van der Waals surface area contributed by atoms with E-state index in [4.69, 9.17) is 14.2 Å². The number of ether oxygens (including phenoxy) is 3.